The van der Waals surface area contributed by atoms with Crippen LogP contribution in [0.5, 0.6) is 0 Å². The number of carbonyl (C=O) groups is 1. The number of alkyl halides is 3. The number of halogens is 3. The molecule has 192 valence electrons. The number of oxime groups is 2. The Hall–Kier alpha value is -4.22. The lowest BCUT2D eigenvalue weighted by atomic mass is 10.00. The van der Waals surface area contributed by atoms with E-state index in [0.717, 1.165) is 16.7 Å². The van der Waals surface area contributed by atoms with E-state index in [-0.39, 0.29) is 12.4 Å². The second-order valence-electron chi connectivity index (χ2n) is 7.24. The van der Waals surface area contributed by atoms with E-state index in [0.29, 0.717) is 29.0 Å². The van der Waals surface area contributed by atoms with Crippen molar-refractivity contribution in [3.8, 4) is 11.4 Å². The number of nitrogens with zero attached hydrogens (tertiary/aromatic N) is 4. The Morgan fingerprint density at radius 1 is 1.08 bits per heavy atom. The van der Waals surface area contributed by atoms with Gasteiger partial charge >= 0.3 is 12.1 Å². The Bertz CT molecular complexity index is 1220. The molecule has 0 bridgehead atoms. The van der Waals surface area contributed by atoms with Crippen molar-refractivity contribution >= 4 is 17.9 Å². The minimum absolute atomic E-state index is 0.162. The van der Waals surface area contributed by atoms with Gasteiger partial charge in [-0.2, -0.15) is 18.2 Å². The normalized spacial score (nSPS) is 11.9. The highest BCUT2D eigenvalue weighted by Gasteiger charge is 2.38. The van der Waals surface area contributed by atoms with Crippen LogP contribution in [0.25, 0.3) is 11.4 Å². The molecule has 0 radical (unpaired) electrons. The number of hydrogen-bond acceptors (Lipinski definition) is 9. The molecular formula is C24H25F3N4O5. The number of aryl methyl sites for hydroxylation is 1. The van der Waals surface area contributed by atoms with Crippen LogP contribution in [0.4, 0.5) is 13.2 Å². The summed E-state index contributed by atoms with van der Waals surface area (Å²) in [4.78, 5) is 22.8. The second-order valence-corrected chi connectivity index (χ2v) is 7.24. The summed E-state index contributed by atoms with van der Waals surface area (Å²) < 4.78 is 46.3. The first-order valence-electron chi connectivity index (χ1n) is 10.4. The van der Waals surface area contributed by atoms with Crippen LogP contribution in [0, 0.1) is 6.92 Å². The van der Waals surface area contributed by atoms with E-state index in [4.69, 9.17) is 14.5 Å². The number of aromatic nitrogens is 2. The Labute approximate surface area is 205 Å². The van der Waals surface area contributed by atoms with Gasteiger partial charge in [-0.05, 0) is 38.0 Å². The molecule has 0 spiro atoms. The van der Waals surface area contributed by atoms with Gasteiger partial charge < -0.3 is 18.9 Å². The molecule has 0 unspecified atom stereocenters. The third kappa shape index (κ3) is 7.65. The summed E-state index contributed by atoms with van der Waals surface area (Å²) in [7, 11) is 2.79. The van der Waals surface area contributed by atoms with Gasteiger partial charge in [-0.3, -0.25) is 4.79 Å². The fraction of sp³-hybridized carbons (Fsp3) is 0.292. The van der Waals surface area contributed by atoms with Crippen molar-refractivity contribution in [3.63, 3.8) is 0 Å². The zero-order valence-corrected chi connectivity index (χ0v) is 20.3. The van der Waals surface area contributed by atoms with Gasteiger partial charge in [0.1, 0.15) is 13.7 Å². The van der Waals surface area contributed by atoms with E-state index in [1.807, 2.05) is 32.0 Å². The highest BCUT2D eigenvalue weighted by Crippen LogP contribution is 2.29. The average molecular weight is 506 g/mol. The van der Waals surface area contributed by atoms with Gasteiger partial charge in [0.05, 0.1) is 18.5 Å². The zero-order chi connectivity index (χ0) is 26.7. The second kappa shape index (κ2) is 13.0. The molecule has 3 rings (SSSR count). The summed E-state index contributed by atoms with van der Waals surface area (Å²) >= 11 is 0. The minimum Gasteiger partial charge on any atom is -0.471 e. The average Bonchev–Trinajstić information content (AvgIpc) is 3.36. The van der Waals surface area contributed by atoms with Crippen molar-refractivity contribution in [2.45, 2.75) is 33.6 Å². The molecule has 2 aromatic carbocycles. The molecule has 12 heteroatoms. The number of benzene rings is 2. The molecule has 0 aliphatic heterocycles. The summed E-state index contributed by atoms with van der Waals surface area (Å²) in [6.45, 7) is 6.11. The predicted molar refractivity (Wildman–Crippen MR) is 125 cm³/mol. The first-order valence-corrected chi connectivity index (χ1v) is 10.4. The summed E-state index contributed by atoms with van der Waals surface area (Å²) in [6, 6.07) is 12.4. The smallest absolute Gasteiger partial charge is 0.471 e. The summed E-state index contributed by atoms with van der Waals surface area (Å²) in [5.74, 6) is -1.56. The Kier molecular flexibility index (Phi) is 10.1. The maximum absolute atomic E-state index is 12.7. The fourth-order valence-electron chi connectivity index (χ4n) is 3.00. The Morgan fingerprint density at radius 2 is 1.78 bits per heavy atom. The van der Waals surface area contributed by atoms with Gasteiger partial charge in [-0.1, -0.05) is 51.9 Å². The lowest BCUT2D eigenvalue weighted by Gasteiger charge is -2.11. The maximum atomic E-state index is 12.7. The fourth-order valence-corrected chi connectivity index (χ4v) is 3.00. The van der Waals surface area contributed by atoms with Gasteiger partial charge in [0.2, 0.25) is 5.82 Å². The van der Waals surface area contributed by atoms with Gasteiger partial charge in [0.15, 0.2) is 0 Å². The molecule has 1 heterocycles. The third-order valence-corrected chi connectivity index (χ3v) is 4.74. The van der Waals surface area contributed by atoms with Crippen molar-refractivity contribution < 1.29 is 36.9 Å². The van der Waals surface area contributed by atoms with Crippen molar-refractivity contribution in [2.24, 2.45) is 10.3 Å². The quantitative estimate of drug-likeness (QED) is 0.236. The van der Waals surface area contributed by atoms with Crippen molar-refractivity contribution in [1.82, 2.24) is 10.1 Å². The molecule has 0 saturated carbocycles. The van der Waals surface area contributed by atoms with Crippen LogP contribution in [-0.2, 0) is 32.0 Å². The molecule has 0 saturated heterocycles. The van der Waals surface area contributed by atoms with Crippen LogP contribution in [0.3, 0.4) is 0 Å². The largest absolute Gasteiger partial charge is 0.471 e. The number of rotatable bonds is 8. The van der Waals surface area contributed by atoms with E-state index in [1.165, 1.54) is 14.2 Å². The lowest BCUT2D eigenvalue weighted by molar-refractivity contribution is -0.159. The van der Waals surface area contributed by atoms with Crippen LogP contribution >= 0.6 is 0 Å². The molecule has 9 nitrogen and oxygen atoms in total. The van der Waals surface area contributed by atoms with Gasteiger partial charge in [-0.15, -0.1) is 0 Å². The number of hydrogen-bond donors (Lipinski definition) is 0. The van der Waals surface area contributed by atoms with E-state index in [2.05, 4.69) is 29.7 Å². The Balaban J connectivity index is 0.00000106. The minimum atomic E-state index is -4.70. The molecule has 0 atom stereocenters. The lowest BCUT2D eigenvalue weighted by Crippen LogP contribution is -2.05. The van der Waals surface area contributed by atoms with Crippen LogP contribution in [-0.4, -0.2) is 42.3 Å². The van der Waals surface area contributed by atoms with Gasteiger partial charge in [0.25, 0.3) is 6.47 Å². The summed E-state index contributed by atoms with van der Waals surface area (Å²) in [5, 5.41) is 11.5. The SMILES string of the molecule is CO/N=C(/C)c1cccc(C)c1CO/N=C(\C)c1cccc(-c2noc(C(F)(F)F)n2)c1.COC=O. The molecule has 1 aromatic heterocycles. The molecule has 0 N–H and O–H groups in total. The maximum Gasteiger partial charge on any atom is 0.471 e. The summed E-state index contributed by atoms with van der Waals surface area (Å²) in [6.07, 6.45) is -4.70. The van der Waals surface area contributed by atoms with Crippen molar-refractivity contribution in [3.05, 3.63) is 70.6 Å². The third-order valence-electron chi connectivity index (χ3n) is 4.74. The van der Waals surface area contributed by atoms with E-state index >= 15 is 0 Å². The first kappa shape index (κ1) is 28.0. The van der Waals surface area contributed by atoms with Crippen molar-refractivity contribution in [2.75, 3.05) is 14.2 Å². The number of carbonyl (C=O) groups excluding carboxylic acids is 1. The van der Waals surface area contributed by atoms with Crippen LogP contribution in [0.15, 0.2) is 57.3 Å². The predicted octanol–water partition coefficient (Wildman–Crippen LogP) is 5.16. The molecular weight excluding hydrogens is 481 g/mol. The molecule has 0 amide bonds. The topological polar surface area (TPSA) is 108 Å². The van der Waals surface area contributed by atoms with Crippen LogP contribution in [0.2, 0.25) is 0 Å². The zero-order valence-electron chi connectivity index (χ0n) is 20.3. The highest BCUT2D eigenvalue weighted by molar-refractivity contribution is 6.00. The highest BCUT2D eigenvalue weighted by atomic mass is 19.4. The molecule has 0 aliphatic carbocycles. The van der Waals surface area contributed by atoms with Crippen LogP contribution in [0.1, 0.15) is 42.0 Å². The molecule has 36 heavy (non-hydrogen) atoms. The number of ether oxygens (including phenoxy) is 1. The Morgan fingerprint density at radius 3 is 2.39 bits per heavy atom. The standard InChI is InChI=1S/C22H21F3N4O3.C2H4O2/c1-13-7-5-10-18(15(3)27-30-4)19(13)12-31-28-14(2)16-8-6-9-17(11-16)20-26-21(32-29-20)22(23,24)25;1-4-2-3/h5-11H,12H2,1-4H3;2H,1H3/b27-15-,28-14+;. The molecule has 0 fully saturated rings. The van der Waals surface area contributed by atoms with E-state index < -0.39 is 12.1 Å². The van der Waals surface area contributed by atoms with E-state index in [1.54, 1.807) is 31.2 Å². The van der Waals surface area contributed by atoms with E-state index in [9.17, 15) is 13.2 Å². The monoisotopic (exact) mass is 506 g/mol. The molecule has 0 aliphatic rings. The molecule has 3 aromatic rings. The van der Waals surface area contributed by atoms with Crippen LogP contribution < -0.4 is 0 Å². The number of methoxy groups -OCH3 is 1. The summed E-state index contributed by atoms with van der Waals surface area (Å²) in [5.41, 5.74) is 5.07. The van der Waals surface area contributed by atoms with Gasteiger partial charge in [0, 0.05) is 16.7 Å². The van der Waals surface area contributed by atoms with Crippen molar-refractivity contribution in [1.29, 1.82) is 0 Å². The first-order chi connectivity index (χ1) is 17.1. The van der Waals surface area contributed by atoms with Gasteiger partial charge in [-0.25, -0.2) is 0 Å².